The van der Waals surface area contributed by atoms with E-state index in [-0.39, 0.29) is 6.98 Å². The Kier molecular flexibility index (Phi) is 7.20. The highest BCUT2D eigenvalue weighted by Crippen LogP contribution is 2.46. The lowest BCUT2D eigenvalue weighted by molar-refractivity contribution is 0.483. The van der Waals surface area contributed by atoms with Gasteiger partial charge >= 0.3 is 6.98 Å². The van der Waals surface area contributed by atoms with Crippen molar-refractivity contribution in [2.24, 2.45) is 0 Å². The summed E-state index contributed by atoms with van der Waals surface area (Å²) in [5.41, 5.74) is 14.7. The van der Waals surface area contributed by atoms with E-state index in [1.807, 2.05) is 6.07 Å². The van der Waals surface area contributed by atoms with Crippen molar-refractivity contribution in [3.63, 3.8) is 0 Å². The van der Waals surface area contributed by atoms with Crippen LogP contribution in [0, 0.1) is 6.92 Å². The molecule has 3 aliphatic heterocycles. The molecule has 0 fully saturated rings. The summed E-state index contributed by atoms with van der Waals surface area (Å²) in [7, 11) is 2.22. The van der Waals surface area contributed by atoms with Gasteiger partial charge in [0.1, 0.15) is 24.0 Å². The Hall–Kier alpha value is -6.21. The van der Waals surface area contributed by atoms with Gasteiger partial charge < -0.3 is 23.8 Å². The van der Waals surface area contributed by atoms with E-state index in [2.05, 4.69) is 173 Å². The van der Waals surface area contributed by atoms with Gasteiger partial charge in [-0.15, -0.1) is 0 Å². The molecule has 0 N–H and O–H groups in total. The highest BCUT2D eigenvalue weighted by molar-refractivity contribution is 6.77. The molecular formula is C45H38BN5O. The van der Waals surface area contributed by atoms with E-state index < -0.39 is 0 Å². The summed E-state index contributed by atoms with van der Waals surface area (Å²) in [4.78, 5) is 12.3. The summed E-state index contributed by atoms with van der Waals surface area (Å²) in [6, 6.07) is 49.7. The van der Waals surface area contributed by atoms with Gasteiger partial charge in [-0.25, -0.2) is 4.98 Å². The molecule has 0 saturated heterocycles. The molecule has 10 rings (SSSR count). The quantitative estimate of drug-likeness (QED) is 0.174. The second-order valence-electron chi connectivity index (χ2n) is 14.1. The highest BCUT2D eigenvalue weighted by atomic mass is 16.5. The average molecular weight is 676 g/mol. The van der Waals surface area contributed by atoms with Gasteiger partial charge in [0.2, 0.25) is 0 Å². The zero-order chi connectivity index (χ0) is 34.8. The number of nitrogens with zero attached hydrogens (tertiary/aromatic N) is 5. The number of anilines is 5. The summed E-state index contributed by atoms with van der Waals surface area (Å²) >= 11 is 0. The van der Waals surface area contributed by atoms with Crippen molar-refractivity contribution in [2.75, 3.05) is 28.3 Å². The number of imidazole rings is 1. The lowest BCUT2D eigenvalue weighted by Gasteiger charge is -2.38. The third-order valence-electron chi connectivity index (χ3n) is 11.0. The normalized spacial score (nSPS) is 14.3. The van der Waals surface area contributed by atoms with Gasteiger partial charge in [0.25, 0.3) is 0 Å². The molecule has 0 spiro atoms. The van der Waals surface area contributed by atoms with Gasteiger partial charge in [-0.2, -0.15) is 0 Å². The van der Waals surface area contributed by atoms with Gasteiger partial charge in [0.05, 0.1) is 23.3 Å². The molecule has 52 heavy (non-hydrogen) atoms. The number of fused-ring (bicyclic) bond motifs is 7. The predicted octanol–water partition coefficient (Wildman–Crippen LogP) is 9.75. The molecule has 4 heterocycles. The Morgan fingerprint density at radius 3 is 2.17 bits per heavy atom. The van der Waals surface area contributed by atoms with E-state index in [4.69, 9.17) is 9.72 Å². The summed E-state index contributed by atoms with van der Waals surface area (Å²) < 4.78 is 9.15. The minimum absolute atomic E-state index is 0.0235. The maximum Gasteiger partial charge on any atom is 0.417 e. The Labute approximate surface area is 305 Å². The van der Waals surface area contributed by atoms with Gasteiger partial charge in [0.15, 0.2) is 0 Å². The first kappa shape index (κ1) is 30.6. The van der Waals surface area contributed by atoms with E-state index in [0.717, 1.165) is 65.9 Å². The molecule has 0 atom stereocenters. The van der Waals surface area contributed by atoms with Crippen LogP contribution in [0.1, 0.15) is 23.1 Å². The van der Waals surface area contributed by atoms with Crippen LogP contribution in [-0.2, 0) is 12.8 Å². The first-order valence-electron chi connectivity index (χ1n) is 18.2. The zero-order valence-corrected chi connectivity index (χ0v) is 29.4. The second kappa shape index (κ2) is 12.2. The summed E-state index contributed by atoms with van der Waals surface area (Å²) in [5, 5.41) is 0. The molecule has 252 valence electrons. The van der Waals surface area contributed by atoms with Crippen molar-refractivity contribution in [1.29, 1.82) is 0 Å². The van der Waals surface area contributed by atoms with E-state index in [0.29, 0.717) is 0 Å². The fraction of sp³-hybridized carbons (Fsp3) is 0.133. The first-order chi connectivity index (χ1) is 25.6. The SMILES string of the molecule is Cc1cccc2c1B1N(C)c3ccc(Oc4cccc(N5CN(c6ccccc6)c6ccccc65)c4)cc3-c3ncc(n31)-c1ccccc1CCC2. The molecule has 1 aromatic heterocycles. The summed E-state index contributed by atoms with van der Waals surface area (Å²) in [6.45, 7) is 2.95. The van der Waals surface area contributed by atoms with Crippen LogP contribution in [0.3, 0.4) is 0 Å². The molecule has 6 aromatic carbocycles. The van der Waals surface area contributed by atoms with Crippen LogP contribution in [0.15, 0.2) is 146 Å². The molecule has 0 saturated carbocycles. The minimum atomic E-state index is -0.0235. The van der Waals surface area contributed by atoms with Crippen LogP contribution in [0.25, 0.3) is 22.6 Å². The molecule has 0 radical (unpaired) electrons. The average Bonchev–Trinajstić information content (AvgIpc) is 3.79. The smallest absolute Gasteiger partial charge is 0.417 e. The number of benzene rings is 6. The lowest BCUT2D eigenvalue weighted by Crippen LogP contribution is -2.56. The number of hydrogen-bond donors (Lipinski definition) is 0. The molecule has 7 heteroatoms. The van der Waals surface area contributed by atoms with E-state index in [1.165, 1.54) is 44.8 Å². The van der Waals surface area contributed by atoms with Gasteiger partial charge in [-0.1, -0.05) is 84.4 Å². The molecule has 0 unspecified atom stereocenters. The number of rotatable bonds is 4. The van der Waals surface area contributed by atoms with Crippen molar-refractivity contribution < 1.29 is 4.74 Å². The van der Waals surface area contributed by atoms with Crippen LogP contribution >= 0.6 is 0 Å². The van der Waals surface area contributed by atoms with E-state index >= 15 is 0 Å². The molecule has 0 bridgehead atoms. The van der Waals surface area contributed by atoms with Gasteiger partial charge in [-0.3, -0.25) is 0 Å². The monoisotopic (exact) mass is 675 g/mol. The molecule has 7 aromatic rings. The molecular weight excluding hydrogens is 637 g/mol. The maximum absolute atomic E-state index is 6.69. The van der Waals surface area contributed by atoms with Gasteiger partial charge in [-0.05, 0) is 104 Å². The molecule has 0 aliphatic carbocycles. The van der Waals surface area contributed by atoms with Crippen LogP contribution in [0.5, 0.6) is 11.5 Å². The van der Waals surface area contributed by atoms with E-state index in [1.54, 1.807) is 0 Å². The second-order valence-corrected chi connectivity index (χ2v) is 14.1. The molecule has 3 aliphatic rings. The maximum atomic E-state index is 6.69. The highest BCUT2D eigenvalue weighted by Gasteiger charge is 2.40. The number of aromatic nitrogens is 2. The number of para-hydroxylation sites is 3. The minimum Gasteiger partial charge on any atom is -0.457 e. The van der Waals surface area contributed by atoms with Crippen molar-refractivity contribution in [3.05, 3.63) is 162 Å². The van der Waals surface area contributed by atoms with E-state index in [9.17, 15) is 0 Å². The van der Waals surface area contributed by atoms with Gasteiger partial charge in [0, 0.05) is 34.3 Å². The fourth-order valence-electron chi connectivity index (χ4n) is 8.60. The van der Waals surface area contributed by atoms with Crippen molar-refractivity contribution in [3.8, 4) is 34.1 Å². The number of aryl methyl sites for hydroxylation is 3. The van der Waals surface area contributed by atoms with Crippen molar-refractivity contribution >= 4 is 40.9 Å². The fourth-order valence-corrected chi connectivity index (χ4v) is 8.60. The Balaban J connectivity index is 1.03. The van der Waals surface area contributed by atoms with Crippen LogP contribution in [0.2, 0.25) is 0 Å². The number of ether oxygens (including phenoxy) is 1. The van der Waals surface area contributed by atoms with Crippen LogP contribution < -0.4 is 24.8 Å². The zero-order valence-electron chi connectivity index (χ0n) is 29.4. The first-order valence-corrected chi connectivity index (χ1v) is 18.2. The third kappa shape index (κ3) is 4.91. The predicted molar refractivity (Wildman–Crippen MR) is 214 cm³/mol. The third-order valence-corrected chi connectivity index (χ3v) is 11.0. The molecule has 6 nitrogen and oxygen atoms in total. The number of hydrogen-bond acceptors (Lipinski definition) is 5. The van der Waals surface area contributed by atoms with Crippen LogP contribution in [0.4, 0.5) is 28.4 Å². The Morgan fingerprint density at radius 1 is 0.615 bits per heavy atom. The standard InChI is InChI=1S/C45H38BN5O/c1-31-13-10-16-33-17-11-15-32-14-6-7-22-38(32)43-29-47-45-39-28-37(25-26-40(39)48(2)46(44(31)33)51(43)45)52-36-21-12-20-35(27-36)50-30-49(34-18-4-3-5-19-34)41-23-8-9-24-42(41)50/h3-10,12-14,16,18-29H,11,15,17,30H2,1-2H3. The van der Waals surface area contributed by atoms with Crippen LogP contribution in [-0.4, -0.2) is 30.2 Å². The topological polar surface area (TPSA) is 36.8 Å². The molecule has 0 amide bonds. The van der Waals surface area contributed by atoms with Crippen molar-refractivity contribution in [1.82, 2.24) is 9.46 Å². The largest absolute Gasteiger partial charge is 0.457 e. The Bertz CT molecular complexity index is 2470. The Morgan fingerprint density at radius 2 is 1.31 bits per heavy atom. The lowest BCUT2D eigenvalue weighted by atomic mass is 9.59. The van der Waals surface area contributed by atoms with Crippen molar-refractivity contribution in [2.45, 2.75) is 26.2 Å². The summed E-state index contributed by atoms with van der Waals surface area (Å²) in [5.74, 6) is 2.54. The summed E-state index contributed by atoms with van der Waals surface area (Å²) in [6.07, 6.45) is 5.26.